The molecule has 1 amide bonds. The van der Waals surface area contributed by atoms with Crippen LogP contribution in [-0.2, 0) is 9.53 Å². The Balaban J connectivity index is 2.02. The molecular weight excluding hydrogens is 208 g/mol. The first-order valence-electron chi connectivity index (χ1n) is 5.00. The highest BCUT2D eigenvalue weighted by Gasteiger charge is 2.28. The molecule has 0 saturated carbocycles. The summed E-state index contributed by atoms with van der Waals surface area (Å²) in [4.78, 5) is 22.8. The van der Waals surface area contributed by atoms with Crippen molar-refractivity contribution in [2.45, 2.75) is 12.5 Å². The van der Waals surface area contributed by atoms with Crippen molar-refractivity contribution in [3.05, 3.63) is 29.8 Å². The Hall–Kier alpha value is -2.04. The maximum atomic E-state index is 11.7. The molecule has 5 heteroatoms. The summed E-state index contributed by atoms with van der Waals surface area (Å²) in [6.07, 6.45) is 0.527. The Bertz CT molecular complexity index is 414. The van der Waals surface area contributed by atoms with Gasteiger partial charge in [-0.15, -0.1) is 0 Å². The summed E-state index contributed by atoms with van der Waals surface area (Å²) in [7, 11) is 0. The summed E-state index contributed by atoms with van der Waals surface area (Å²) in [6, 6.07) is 5.99. The number of esters is 1. The summed E-state index contributed by atoms with van der Waals surface area (Å²) in [6.45, 7) is 0.367. The molecule has 0 radical (unpaired) electrons. The zero-order valence-corrected chi connectivity index (χ0v) is 8.60. The number of amides is 1. The Morgan fingerprint density at radius 3 is 2.62 bits per heavy atom. The number of ether oxygens (including phenoxy) is 1. The van der Waals surface area contributed by atoms with E-state index < -0.39 is 6.04 Å². The number of cyclic esters (lactones) is 1. The zero-order valence-electron chi connectivity index (χ0n) is 8.60. The minimum Gasteiger partial charge on any atom is -0.464 e. The van der Waals surface area contributed by atoms with Gasteiger partial charge in [-0.1, -0.05) is 0 Å². The molecule has 0 bridgehead atoms. The molecule has 1 atom stereocenters. The first-order chi connectivity index (χ1) is 7.66. The number of nitrogen functional groups attached to an aromatic ring is 1. The lowest BCUT2D eigenvalue weighted by molar-refractivity contribution is -0.139. The van der Waals surface area contributed by atoms with Gasteiger partial charge in [-0.3, -0.25) is 4.79 Å². The van der Waals surface area contributed by atoms with Crippen LogP contribution < -0.4 is 11.1 Å². The highest BCUT2D eigenvalue weighted by Crippen LogP contribution is 2.09. The van der Waals surface area contributed by atoms with Crippen LogP contribution in [0.2, 0.25) is 0 Å². The van der Waals surface area contributed by atoms with E-state index in [0.717, 1.165) is 0 Å². The van der Waals surface area contributed by atoms with Crippen molar-refractivity contribution in [3.63, 3.8) is 0 Å². The second kappa shape index (κ2) is 4.22. The monoisotopic (exact) mass is 220 g/mol. The Morgan fingerprint density at radius 1 is 1.38 bits per heavy atom. The summed E-state index contributed by atoms with van der Waals surface area (Å²) >= 11 is 0. The largest absolute Gasteiger partial charge is 0.464 e. The van der Waals surface area contributed by atoms with E-state index in [9.17, 15) is 9.59 Å². The predicted octanol–water partition coefficient (Wildman–Crippen LogP) is 0.314. The highest BCUT2D eigenvalue weighted by atomic mass is 16.5. The fourth-order valence-electron chi connectivity index (χ4n) is 1.50. The smallest absolute Gasteiger partial charge is 0.328 e. The van der Waals surface area contributed by atoms with E-state index in [-0.39, 0.29) is 11.9 Å². The molecule has 0 aromatic heterocycles. The number of rotatable bonds is 2. The normalized spacial score (nSPS) is 19.2. The number of hydrogen-bond donors (Lipinski definition) is 2. The quantitative estimate of drug-likeness (QED) is 0.555. The van der Waals surface area contributed by atoms with Crippen molar-refractivity contribution in [1.82, 2.24) is 5.32 Å². The maximum absolute atomic E-state index is 11.7. The molecule has 0 spiro atoms. The summed E-state index contributed by atoms with van der Waals surface area (Å²) in [5, 5.41) is 2.61. The Labute approximate surface area is 92.6 Å². The zero-order chi connectivity index (χ0) is 11.5. The molecule has 1 fully saturated rings. The van der Waals surface area contributed by atoms with Gasteiger partial charge in [0.05, 0.1) is 6.61 Å². The number of nitrogens with one attached hydrogen (secondary N) is 1. The number of anilines is 1. The number of hydrogen-bond acceptors (Lipinski definition) is 4. The molecule has 1 saturated heterocycles. The summed E-state index contributed by atoms with van der Waals surface area (Å²) < 4.78 is 4.75. The van der Waals surface area contributed by atoms with Gasteiger partial charge >= 0.3 is 5.97 Å². The molecule has 2 rings (SSSR count). The lowest BCUT2D eigenvalue weighted by Crippen LogP contribution is -2.37. The Morgan fingerprint density at radius 2 is 2.06 bits per heavy atom. The molecule has 1 aliphatic rings. The molecular formula is C11H12N2O3. The van der Waals surface area contributed by atoms with Gasteiger partial charge in [0.25, 0.3) is 5.91 Å². The number of nitrogens with two attached hydrogens (primary N) is 1. The molecule has 16 heavy (non-hydrogen) atoms. The van der Waals surface area contributed by atoms with Crippen molar-refractivity contribution in [2.75, 3.05) is 12.3 Å². The average molecular weight is 220 g/mol. The van der Waals surface area contributed by atoms with Crippen molar-refractivity contribution < 1.29 is 14.3 Å². The highest BCUT2D eigenvalue weighted by molar-refractivity contribution is 5.97. The first-order valence-corrected chi connectivity index (χ1v) is 5.00. The minimum absolute atomic E-state index is 0.288. The van der Waals surface area contributed by atoms with Crippen LogP contribution >= 0.6 is 0 Å². The molecule has 1 aliphatic heterocycles. The second-order valence-corrected chi connectivity index (χ2v) is 3.60. The number of carbonyl (C=O) groups excluding carboxylic acids is 2. The summed E-state index contributed by atoms with van der Waals surface area (Å²) in [5.41, 5.74) is 6.58. The molecule has 5 nitrogen and oxygen atoms in total. The van der Waals surface area contributed by atoms with Crippen molar-refractivity contribution in [3.8, 4) is 0 Å². The van der Waals surface area contributed by atoms with Gasteiger partial charge in [0.2, 0.25) is 0 Å². The van der Waals surface area contributed by atoms with Crippen molar-refractivity contribution in [1.29, 1.82) is 0 Å². The molecule has 0 aliphatic carbocycles. The van der Waals surface area contributed by atoms with Crippen LogP contribution in [0.3, 0.4) is 0 Å². The molecule has 0 unspecified atom stereocenters. The van der Waals surface area contributed by atoms with E-state index in [1.54, 1.807) is 24.3 Å². The van der Waals surface area contributed by atoms with E-state index in [0.29, 0.717) is 24.3 Å². The van der Waals surface area contributed by atoms with Gasteiger partial charge in [-0.2, -0.15) is 0 Å². The molecule has 84 valence electrons. The standard InChI is InChI=1S/C11H12N2O3/c12-8-3-1-7(2-4-8)10(14)13-9-5-6-16-11(9)15/h1-4,9H,5-6,12H2,(H,13,14)/t9-/m0/s1. The van der Waals surface area contributed by atoms with Crippen molar-refractivity contribution >= 4 is 17.6 Å². The van der Waals surface area contributed by atoms with Gasteiger partial charge < -0.3 is 15.8 Å². The molecule has 1 aromatic rings. The lowest BCUT2D eigenvalue weighted by atomic mass is 10.1. The maximum Gasteiger partial charge on any atom is 0.328 e. The average Bonchev–Trinajstić information content (AvgIpc) is 2.65. The van der Waals surface area contributed by atoms with Crippen LogP contribution in [0.4, 0.5) is 5.69 Å². The number of carbonyl (C=O) groups is 2. The van der Waals surface area contributed by atoms with E-state index in [2.05, 4.69) is 5.32 Å². The van der Waals surface area contributed by atoms with Crippen LogP contribution in [0.15, 0.2) is 24.3 Å². The summed E-state index contributed by atoms with van der Waals surface area (Å²) in [5.74, 6) is -0.660. The van der Waals surface area contributed by atoms with Gasteiger partial charge in [0.15, 0.2) is 0 Å². The van der Waals surface area contributed by atoms with Gasteiger partial charge in [0, 0.05) is 17.7 Å². The molecule has 1 aromatic carbocycles. The fourth-order valence-corrected chi connectivity index (χ4v) is 1.50. The Kier molecular flexibility index (Phi) is 2.76. The second-order valence-electron chi connectivity index (χ2n) is 3.60. The first kappa shape index (κ1) is 10.5. The van der Waals surface area contributed by atoms with E-state index in [1.807, 2.05) is 0 Å². The van der Waals surface area contributed by atoms with Gasteiger partial charge in [-0.25, -0.2) is 4.79 Å². The predicted molar refractivity (Wildman–Crippen MR) is 57.7 cm³/mol. The molecule has 1 heterocycles. The third-order valence-corrected chi connectivity index (χ3v) is 2.41. The van der Waals surface area contributed by atoms with Crippen LogP contribution in [0.5, 0.6) is 0 Å². The van der Waals surface area contributed by atoms with Crippen LogP contribution in [0.25, 0.3) is 0 Å². The van der Waals surface area contributed by atoms with Gasteiger partial charge in [-0.05, 0) is 24.3 Å². The lowest BCUT2D eigenvalue weighted by Gasteiger charge is -2.08. The third-order valence-electron chi connectivity index (χ3n) is 2.41. The molecule has 3 N–H and O–H groups in total. The van der Waals surface area contributed by atoms with Crippen LogP contribution in [0, 0.1) is 0 Å². The minimum atomic E-state index is -0.523. The van der Waals surface area contributed by atoms with E-state index in [4.69, 9.17) is 10.5 Å². The van der Waals surface area contributed by atoms with Gasteiger partial charge in [0.1, 0.15) is 6.04 Å². The van der Waals surface area contributed by atoms with E-state index >= 15 is 0 Å². The third kappa shape index (κ3) is 2.13. The van der Waals surface area contributed by atoms with Crippen LogP contribution in [-0.4, -0.2) is 24.5 Å². The fraction of sp³-hybridized carbons (Fsp3) is 0.273. The van der Waals surface area contributed by atoms with E-state index in [1.165, 1.54) is 0 Å². The van der Waals surface area contributed by atoms with Crippen LogP contribution in [0.1, 0.15) is 16.8 Å². The van der Waals surface area contributed by atoms with Crippen molar-refractivity contribution in [2.24, 2.45) is 0 Å². The number of benzene rings is 1. The topological polar surface area (TPSA) is 81.4 Å². The SMILES string of the molecule is Nc1ccc(C(=O)N[C@H]2CCOC2=O)cc1.